The summed E-state index contributed by atoms with van der Waals surface area (Å²) >= 11 is 1.52. The lowest BCUT2D eigenvalue weighted by Gasteiger charge is -2.29. The van der Waals surface area contributed by atoms with Crippen LogP contribution in [-0.4, -0.2) is 64.5 Å². The van der Waals surface area contributed by atoms with Gasteiger partial charge in [0.15, 0.2) is 0 Å². The van der Waals surface area contributed by atoms with E-state index in [1.807, 2.05) is 6.07 Å². The Bertz CT molecular complexity index is 1230. The number of carbonyl (C=O) groups excluding carboxylic acids is 3. The number of nitrogens with one attached hydrogen (secondary N) is 4. The first kappa shape index (κ1) is 22.5. The molecule has 0 spiro atoms. The smallest absolute Gasteiger partial charge is 0.261 e. The molecule has 4 heterocycles. The summed E-state index contributed by atoms with van der Waals surface area (Å²) in [5.41, 5.74) is 2.35. The fraction of sp³-hybridized carbons (Fsp3) is 0.417. The van der Waals surface area contributed by atoms with Crippen LogP contribution in [0.5, 0.6) is 0 Å². The molecule has 0 bridgehead atoms. The summed E-state index contributed by atoms with van der Waals surface area (Å²) in [7, 11) is 0. The van der Waals surface area contributed by atoms with Crippen LogP contribution in [0.2, 0.25) is 0 Å². The molecular weight excluding hydrogens is 452 g/mol. The fourth-order valence-electron chi connectivity index (χ4n) is 4.56. The Morgan fingerprint density at radius 1 is 1.18 bits per heavy atom. The third-order valence-corrected chi connectivity index (χ3v) is 7.73. The Morgan fingerprint density at radius 2 is 2.00 bits per heavy atom. The lowest BCUT2D eigenvalue weighted by atomic mass is 10.1. The predicted octanol–water partition coefficient (Wildman–Crippen LogP) is 1.81. The van der Waals surface area contributed by atoms with Gasteiger partial charge in [-0.05, 0) is 69.1 Å². The molecule has 3 aromatic rings. The summed E-state index contributed by atoms with van der Waals surface area (Å²) in [6.45, 7) is 4.58. The number of piperidine rings is 1. The van der Waals surface area contributed by atoms with Gasteiger partial charge in [-0.1, -0.05) is 0 Å². The quantitative estimate of drug-likeness (QED) is 0.444. The number of hydrogen-bond acceptors (Lipinski definition) is 6. The van der Waals surface area contributed by atoms with E-state index < -0.39 is 6.04 Å². The number of rotatable bonds is 5. The average Bonchev–Trinajstić information content (AvgIpc) is 3.50. The van der Waals surface area contributed by atoms with E-state index in [1.165, 1.54) is 11.3 Å². The lowest BCUT2D eigenvalue weighted by Crippen LogP contribution is -2.48. The van der Waals surface area contributed by atoms with Crippen LogP contribution in [0.3, 0.4) is 0 Å². The molecule has 10 heteroatoms. The summed E-state index contributed by atoms with van der Waals surface area (Å²) < 4.78 is 0. The van der Waals surface area contributed by atoms with Crippen LogP contribution in [0.1, 0.15) is 50.2 Å². The van der Waals surface area contributed by atoms with Crippen LogP contribution < -0.4 is 16.0 Å². The van der Waals surface area contributed by atoms with Crippen molar-refractivity contribution in [2.24, 2.45) is 0 Å². The van der Waals surface area contributed by atoms with Crippen molar-refractivity contribution in [1.82, 2.24) is 31.0 Å². The molecule has 178 valence electrons. The minimum absolute atomic E-state index is 0.0283. The molecule has 4 N–H and O–H groups in total. The molecule has 0 radical (unpaired) electrons. The Kier molecular flexibility index (Phi) is 6.34. The number of aromatic nitrogens is 2. The molecule has 0 saturated carbocycles. The summed E-state index contributed by atoms with van der Waals surface area (Å²) in [6, 6.07) is 6.73. The van der Waals surface area contributed by atoms with Crippen LogP contribution in [0.4, 0.5) is 0 Å². The van der Waals surface area contributed by atoms with Crippen LogP contribution in [0, 0.1) is 0 Å². The third kappa shape index (κ3) is 4.69. The maximum Gasteiger partial charge on any atom is 0.261 e. The molecule has 5 rings (SSSR count). The summed E-state index contributed by atoms with van der Waals surface area (Å²) in [5, 5.41) is 16.9. The molecule has 2 aliphatic heterocycles. The normalized spacial score (nSPS) is 17.3. The Labute approximate surface area is 201 Å². The molecule has 1 fully saturated rings. The molecule has 1 atom stereocenters. The van der Waals surface area contributed by atoms with Crippen LogP contribution in [0.25, 0.3) is 10.9 Å². The number of amides is 3. The van der Waals surface area contributed by atoms with Crippen molar-refractivity contribution >= 4 is 40.0 Å². The predicted molar refractivity (Wildman–Crippen MR) is 130 cm³/mol. The van der Waals surface area contributed by atoms with Gasteiger partial charge in [0.2, 0.25) is 5.91 Å². The van der Waals surface area contributed by atoms with E-state index in [0.717, 1.165) is 47.3 Å². The van der Waals surface area contributed by atoms with E-state index in [4.69, 9.17) is 0 Å². The number of hydrogen-bond donors (Lipinski definition) is 4. The van der Waals surface area contributed by atoms with Crippen molar-refractivity contribution in [3.63, 3.8) is 0 Å². The van der Waals surface area contributed by atoms with Crippen molar-refractivity contribution in [3.8, 4) is 0 Å². The standard InChI is InChI=1S/C24H28N6O3S/c1-14(27-22(31)15-2-3-19-16(10-15)12-26-29-19)24(33)30-9-6-20-17(13-30)11-21(34-20)23(32)28-18-4-7-25-8-5-18/h2-3,10-12,14,18,25H,4-9,13H2,1H3,(H,26,29)(H,27,31)(H,28,32)/t14-/m1/s1. The van der Waals surface area contributed by atoms with E-state index in [1.54, 1.807) is 36.2 Å². The molecule has 34 heavy (non-hydrogen) atoms. The first-order valence-electron chi connectivity index (χ1n) is 11.6. The maximum absolute atomic E-state index is 13.1. The summed E-state index contributed by atoms with van der Waals surface area (Å²) in [4.78, 5) is 42.1. The average molecular weight is 481 g/mol. The molecule has 9 nitrogen and oxygen atoms in total. The zero-order valence-corrected chi connectivity index (χ0v) is 19.8. The van der Waals surface area contributed by atoms with Gasteiger partial charge in [-0.2, -0.15) is 5.10 Å². The minimum atomic E-state index is -0.657. The Hall–Kier alpha value is -3.24. The molecular formula is C24H28N6O3S. The number of carbonyl (C=O) groups is 3. The highest BCUT2D eigenvalue weighted by Crippen LogP contribution is 2.29. The van der Waals surface area contributed by atoms with Crippen molar-refractivity contribution < 1.29 is 14.4 Å². The highest BCUT2D eigenvalue weighted by atomic mass is 32.1. The van der Waals surface area contributed by atoms with Crippen molar-refractivity contribution in [1.29, 1.82) is 0 Å². The lowest BCUT2D eigenvalue weighted by molar-refractivity contribution is -0.133. The van der Waals surface area contributed by atoms with Gasteiger partial charge in [0.1, 0.15) is 6.04 Å². The van der Waals surface area contributed by atoms with Gasteiger partial charge in [0.25, 0.3) is 11.8 Å². The Balaban J connectivity index is 1.19. The van der Waals surface area contributed by atoms with Gasteiger partial charge >= 0.3 is 0 Å². The largest absolute Gasteiger partial charge is 0.349 e. The summed E-state index contributed by atoms with van der Waals surface area (Å²) in [5.74, 6) is -0.455. The SMILES string of the molecule is C[C@@H](NC(=O)c1ccc2[nH]ncc2c1)C(=O)N1CCc2sc(C(=O)NC3CCNCC3)cc2C1. The van der Waals surface area contributed by atoms with E-state index in [-0.39, 0.29) is 23.8 Å². The molecule has 0 unspecified atom stereocenters. The molecule has 1 saturated heterocycles. The highest BCUT2D eigenvalue weighted by molar-refractivity contribution is 7.14. The molecule has 2 aliphatic rings. The monoisotopic (exact) mass is 480 g/mol. The Morgan fingerprint density at radius 3 is 2.82 bits per heavy atom. The van der Waals surface area contributed by atoms with Crippen LogP contribution in [-0.2, 0) is 17.8 Å². The van der Waals surface area contributed by atoms with Gasteiger partial charge < -0.3 is 20.9 Å². The number of nitrogens with zero attached hydrogens (tertiary/aromatic N) is 2. The van der Waals surface area contributed by atoms with Gasteiger partial charge in [0, 0.05) is 35.0 Å². The third-order valence-electron chi connectivity index (χ3n) is 6.50. The first-order chi connectivity index (χ1) is 16.5. The topological polar surface area (TPSA) is 119 Å². The van der Waals surface area contributed by atoms with E-state index >= 15 is 0 Å². The van der Waals surface area contributed by atoms with Crippen LogP contribution >= 0.6 is 11.3 Å². The van der Waals surface area contributed by atoms with Crippen molar-refractivity contribution in [2.45, 2.75) is 44.8 Å². The first-order valence-corrected chi connectivity index (χ1v) is 12.5. The van der Waals surface area contributed by atoms with E-state index in [2.05, 4.69) is 26.1 Å². The zero-order valence-electron chi connectivity index (χ0n) is 19.0. The zero-order chi connectivity index (χ0) is 23.7. The highest BCUT2D eigenvalue weighted by Gasteiger charge is 2.28. The van der Waals surface area contributed by atoms with Gasteiger partial charge in [-0.25, -0.2) is 0 Å². The summed E-state index contributed by atoms with van der Waals surface area (Å²) in [6.07, 6.45) is 4.26. The molecule has 2 aromatic heterocycles. The van der Waals surface area contributed by atoms with Crippen LogP contribution in [0.15, 0.2) is 30.5 Å². The number of thiophene rings is 1. The van der Waals surface area contributed by atoms with Gasteiger partial charge in [-0.15, -0.1) is 11.3 Å². The number of H-pyrrole nitrogens is 1. The second-order valence-electron chi connectivity index (χ2n) is 8.93. The van der Waals surface area contributed by atoms with Gasteiger partial charge in [0.05, 0.1) is 16.6 Å². The van der Waals surface area contributed by atoms with Crippen molar-refractivity contribution in [2.75, 3.05) is 19.6 Å². The maximum atomic E-state index is 13.1. The number of aromatic amines is 1. The van der Waals surface area contributed by atoms with E-state index in [0.29, 0.717) is 30.0 Å². The van der Waals surface area contributed by atoms with E-state index in [9.17, 15) is 14.4 Å². The molecule has 0 aliphatic carbocycles. The second kappa shape index (κ2) is 9.55. The molecule has 3 amide bonds. The van der Waals surface area contributed by atoms with Crippen molar-refractivity contribution in [3.05, 3.63) is 51.3 Å². The number of fused-ring (bicyclic) bond motifs is 2. The number of benzene rings is 1. The van der Waals surface area contributed by atoms with Gasteiger partial charge in [-0.3, -0.25) is 19.5 Å². The second-order valence-corrected chi connectivity index (χ2v) is 10.1. The fourth-order valence-corrected chi connectivity index (χ4v) is 5.62. The minimum Gasteiger partial charge on any atom is -0.349 e. The molecule has 1 aromatic carbocycles.